The summed E-state index contributed by atoms with van der Waals surface area (Å²) in [4.78, 5) is 0. The monoisotopic (exact) mass is 257 g/mol. The van der Waals surface area contributed by atoms with Crippen molar-refractivity contribution in [2.24, 2.45) is 0 Å². The third kappa shape index (κ3) is 2.30. The Morgan fingerprint density at radius 1 is 1.33 bits per heavy atom. The van der Waals surface area contributed by atoms with Crippen LogP contribution in [0.15, 0.2) is 36.7 Å². The third-order valence-corrected chi connectivity index (χ3v) is 2.40. The maximum absolute atomic E-state index is 12.6. The van der Waals surface area contributed by atoms with Crippen molar-refractivity contribution in [2.45, 2.75) is 6.18 Å². The van der Waals surface area contributed by atoms with E-state index in [1.165, 1.54) is 24.0 Å². The van der Waals surface area contributed by atoms with E-state index in [1.54, 1.807) is 12.3 Å². The van der Waals surface area contributed by atoms with Crippen LogP contribution in [0.25, 0.3) is 5.69 Å². The van der Waals surface area contributed by atoms with Gasteiger partial charge < -0.3 is 0 Å². The first-order chi connectivity index (χ1) is 8.39. The van der Waals surface area contributed by atoms with Crippen molar-refractivity contribution >= 4 is 5.69 Å². The average Bonchev–Trinajstić information content (AvgIpc) is 2.80. The fourth-order valence-electron chi connectivity index (χ4n) is 1.56. The lowest BCUT2D eigenvalue weighted by Crippen LogP contribution is -2.15. The molecule has 0 amide bonds. The van der Waals surface area contributed by atoms with Crippen LogP contribution >= 0.6 is 0 Å². The predicted octanol–water partition coefficient (Wildman–Crippen LogP) is 2.72. The van der Waals surface area contributed by atoms with Gasteiger partial charge in [-0.05, 0) is 24.3 Å². The van der Waals surface area contributed by atoms with Gasteiger partial charge in [-0.3, -0.25) is 10.3 Å². The van der Waals surface area contributed by atoms with E-state index in [-0.39, 0.29) is 5.69 Å². The number of benzene rings is 1. The summed E-state index contributed by atoms with van der Waals surface area (Å²) >= 11 is 0. The number of rotatable bonds is 2. The van der Waals surface area contributed by atoms with E-state index in [0.29, 0.717) is 10.8 Å². The van der Waals surface area contributed by atoms with Crippen molar-refractivity contribution in [2.75, 3.05) is 12.1 Å². The summed E-state index contributed by atoms with van der Waals surface area (Å²) in [7, 11) is 1.25. The Bertz CT molecular complexity index is 535. The first-order valence-electron chi connectivity index (χ1n) is 5.03. The minimum atomic E-state index is -4.45. The SMILES string of the molecule is CN(O)c1cc(C(F)(F)F)ccc1-n1cccn1. The minimum Gasteiger partial charge on any atom is -0.289 e. The lowest BCUT2D eigenvalue weighted by molar-refractivity contribution is -0.137. The molecule has 96 valence electrons. The fourth-order valence-corrected chi connectivity index (χ4v) is 1.56. The molecule has 0 atom stereocenters. The molecule has 0 spiro atoms. The molecule has 0 unspecified atom stereocenters. The predicted molar refractivity (Wildman–Crippen MR) is 58.8 cm³/mol. The van der Waals surface area contributed by atoms with Crippen molar-refractivity contribution in [1.82, 2.24) is 9.78 Å². The molecule has 1 heterocycles. The first kappa shape index (κ1) is 12.4. The van der Waals surface area contributed by atoms with Gasteiger partial charge in [0.25, 0.3) is 0 Å². The number of alkyl halides is 3. The van der Waals surface area contributed by atoms with Gasteiger partial charge >= 0.3 is 6.18 Å². The highest BCUT2D eigenvalue weighted by Gasteiger charge is 2.31. The Kier molecular flexibility index (Phi) is 3.00. The van der Waals surface area contributed by atoms with Crippen molar-refractivity contribution < 1.29 is 18.4 Å². The van der Waals surface area contributed by atoms with E-state index in [2.05, 4.69) is 5.10 Å². The molecule has 0 bridgehead atoms. The van der Waals surface area contributed by atoms with Gasteiger partial charge in [0.2, 0.25) is 0 Å². The zero-order valence-electron chi connectivity index (χ0n) is 9.39. The summed E-state index contributed by atoms with van der Waals surface area (Å²) in [6.07, 6.45) is -1.37. The van der Waals surface area contributed by atoms with Gasteiger partial charge in [-0.15, -0.1) is 0 Å². The van der Waals surface area contributed by atoms with Crippen molar-refractivity contribution in [3.8, 4) is 5.69 Å². The van der Waals surface area contributed by atoms with E-state index in [9.17, 15) is 18.4 Å². The molecule has 4 nitrogen and oxygen atoms in total. The molecule has 0 aliphatic carbocycles. The Hall–Kier alpha value is -2.02. The van der Waals surface area contributed by atoms with Gasteiger partial charge in [0.15, 0.2) is 0 Å². The maximum atomic E-state index is 12.6. The number of anilines is 1. The standard InChI is InChI=1S/C11H10F3N3O/c1-16(18)10-7-8(11(12,13)14)3-4-9(10)17-6-2-5-15-17/h2-7,18H,1H3. The van der Waals surface area contributed by atoms with Crippen molar-refractivity contribution in [1.29, 1.82) is 0 Å². The van der Waals surface area contributed by atoms with Crippen molar-refractivity contribution in [3.63, 3.8) is 0 Å². The van der Waals surface area contributed by atoms with Crippen LogP contribution in [0.1, 0.15) is 5.56 Å². The number of hydroxylamine groups is 1. The molecule has 0 saturated carbocycles. The molecule has 2 rings (SSSR count). The molecule has 18 heavy (non-hydrogen) atoms. The van der Waals surface area contributed by atoms with Crippen LogP contribution < -0.4 is 5.06 Å². The topological polar surface area (TPSA) is 41.3 Å². The molecule has 0 fully saturated rings. The number of nitrogens with zero attached hydrogens (tertiary/aromatic N) is 3. The van der Waals surface area contributed by atoms with Gasteiger partial charge in [0.05, 0.1) is 16.9 Å². The summed E-state index contributed by atoms with van der Waals surface area (Å²) in [5.41, 5.74) is -0.444. The first-order valence-corrected chi connectivity index (χ1v) is 5.03. The van der Waals surface area contributed by atoms with E-state index in [0.717, 1.165) is 12.1 Å². The smallest absolute Gasteiger partial charge is 0.289 e. The largest absolute Gasteiger partial charge is 0.416 e. The van der Waals surface area contributed by atoms with Gasteiger partial charge in [0.1, 0.15) is 0 Å². The summed E-state index contributed by atoms with van der Waals surface area (Å²) in [6.45, 7) is 0. The second-order valence-corrected chi connectivity index (χ2v) is 3.68. The zero-order valence-corrected chi connectivity index (χ0v) is 9.39. The highest BCUT2D eigenvalue weighted by atomic mass is 19.4. The summed E-state index contributed by atoms with van der Waals surface area (Å²) in [5, 5.41) is 14.0. The maximum Gasteiger partial charge on any atom is 0.416 e. The van der Waals surface area contributed by atoms with E-state index >= 15 is 0 Å². The molecule has 1 aromatic carbocycles. The second-order valence-electron chi connectivity index (χ2n) is 3.68. The Balaban J connectivity index is 2.56. The van der Waals surface area contributed by atoms with E-state index in [1.807, 2.05) is 0 Å². The average molecular weight is 257 g/mol. The van der Waals surface area contributed by atoms with Gasteiger partial charge in [-0.1, -0.05) is 0 Å². The molecule has 1 N–H and O–H groups in total. The molecule has 0 aliphatic heterocycles. The molecule has 7 heteroatoms. The summed E-state index contributed by atoms with van der Waals surface area (Å²) < 4.78 is 39.1. The van der Waals surface area contributed by atoms with E-state index < -0.39 is 11.7 Å². The van der Waals surface area contributed by atoms with Gasteiger partial charge in [-0.2, -0.15) is 18.3 Å². The van der Waals surface area contributed by atoms with E-state index in [4.69, 9.17) is 0 Å². The number of hydrogen-bond acceptors (Lipinski definition) is 3. The lowest BCUT2D eigenvalue weighted by Gasteiger charge is -2.17. The minimum absolute atomic E-state index is 0.0218. The Morgan fingerprint density at radius 3 is 2.56 bits per heavy atom. The highest BCUT2D eigenvalue weighted by molar-refractivity contribution is 5.62. The molecule has 0 radical (unpaired) electrons. The Morgan fingerprint density at radius 2 is 2.06 bits per heavy atom. The third-order valence-electron chi connectivity index (χ3n) is 2.40. The number of halogens is 3. The molecule has 0 saturated heterocycles. The zero-order chi connectivity index (χ0) is 13.3. The molecular formula is C11H10F3N3O. The van der Waals surface area contributed by atoms with Gasteiger partial charge in [-0.25, -0.2) is 4.68 Å². The normalized spacial score (nSPS) is 11.6. The molecule has 0 aliphatic rings. The number of aromatic nitrogens is 2. The summed E-state index contributed by atoms with van der Waals surface area (Å²) in [6, 6.07) is 4.72. The highest BCUT2D eigenvalue weighted by Crippen LogP contribution is 2.33. The quantitative estimate of drug-likeness (QED) is 0.841. The Labute approximate surface area is 101 Å². The second kappa shape index (κ2) is 4.34. The van der Waals surface area contributed by atoms with Gasteiger partial charge in [0, 0.05) is 19.4 Å². The van der Waals surface area contributed by atoms with Crippen molar-refractivity contribution in [3.05, 3.63) is 42.2 Å². The molecule has 2 aromatic rings. The van der Waals surface area contributed by atoms with Crippen LogP contribution in [0.3, 0.4) is 0 Å². The van der Waals surface area contributed by atoms with Crippen LogP contribution in [0, 0.1) is 0 Å². The number of hydrogen-bond donors (Lipinski definition) is 1. The van der Waals surface area contributed by atoms with Crippen LogP contribution in [-0.4, -0.2) is 22.0 Å². The van der Waals surface area contributed by atoms with Crippen LogP contribution in [0.2, 0.25) is 0 Å². The molecular weight excluding hydrogens is 247 g/mol. The van der Waals surface area contributed by atoms with Crippen LogP contribution in [0.4, 0.5) is 18.9 Å². The molecule has 1 aromatic heterocycles. The van der Waals surface area contributed by atoms with Crippen LogP contribution in [-0.2, 0) is 6.18 Å². The fraction of sp³-hybridized carbons (Fsp3) is 0.182. The summed E-state index contributed by atoms with van der Waals surface area (Å²) in [5.74, 6) is 0. The van der Waals surface area contributed by atoms with Crippen LogP contribution in [0.5, 0.6) is 0 Å². The lowest BCUT2D eigenvalue weighted by atomic mass is 10.1.